The normalized spacial score (nSPS) is 11.8. The molecule has 2 rings (SSSR count). The molecule has 1 N–H and O–H groups in total. The van der Waals surface area contributed by atoms with E-state index in [1.165, 1.54) is 11.1 Å². The highest BCUT2D eigenvalue weighted by Crippen LogP contribution is 2.17. The van der Waals surface area contributed by atoms with Crippen molar-refractivity contribution >= 4 is 11.6 Å². The molecular formula is C20H25NO3. The van der Waals surface area contributed by atoms with Crippen LogP contribution in [0, 0.1) is 13.8 Å². The van der Waals surface area contributed by atoms with E-state index in [1.807, 2.05) is 37.3 Å². The van der Waals surface area contributed by atoms with E-state index in [2.05, 4.69) is 31.3 Å². The minimum Gasteiger partial charge on any atom is -0.494 e. The molecule has 0 radical (unpaired) electrons. The second-order valence-electron chi connectivity index (χ2n) is 5.83. The fourth-order valence-corrected chi connectivity index (χ4v) is 2.34. The lowest BCUT2D eigenvalue weighted by Crippen LogP contribution is -2.27. The van der Waals surface area contributed by atoms with Crippen LogP contribution >= 0.6 is 0 Å². The van der Waals surface area contributed by atoms with Crippen LogP contribution in [0.3, 0.4) is 0 Å². The maximum Gasteiger partial charge on any atom is 0.253 e. The van der Waals surface area contributed by atoms with Crippen LogP contribution in [0.2, 0.25) is 0 Å². The number of hydrogen-bond acceptors (Lipinski definition) is 3. The molecular weight excluding hydrogens is 302 g/mol. The van der Waals surface area contributed by atoms with E-state index in [9.17, 15) is 4.79 Å². The van der Waals surface area contributed by atoms with Crippen molar-refractivity contribution in [1.29, 1.82) is 0 Å². The monoisotopic (exact) mass is 327 g/mol. The van der Waals surface area contributed by atoms with E-state index >= 15 is 0 Å². The Hall–Kier alpha value is -2.33. The van der Waals surface area contributed by atoms with Crippen molar-refractivity contribution in [3.8, 4) is 5.75 Å². The molecule has 0 aliphatic heterocycles. The summed E-state index contributed by atoms with van der Waals surface area (Å²) in [4.78, 5) is 12.2. The Kier molecular flexibility index (Phi) is 6.38. The molecule has 0 saturated carbocycles. The summed E-state index contributed by atoms with van der Waals surface area (Å²) in [5, 5.41) is 2.85. The molecule has 4 nitrogen and oxygen atoms in total. The number of carbonyl (C=O) groups is 1. The first-order valence-corrected chi connectivity index (χ1v) is 8.21. The Morgan fingerprint density at radius 1 is 1.12 bits per heavy atom. The predicted molar refractivity (Wildman–Crippen MR) is 96.4 cm³/mol. The SMILES string of the molecule is CCOc1ccc(NC(=O)C(C)OCc2ccc(C)cc2C)cc1. The van der Waals surface area contributed by atoms with Gasteiger partial charge in [0.2, 0.25) is 0 Å². The van der Waals surface area contributed by atoms with Gasteiger partial charge in [0, 0.05) is 5.69 Å². The second-order valence-corrected chi connectivity index (χ2v) is 5.83. The van der Waals surface area contributed by atoms with Crippen LogP contribution < -0.4 is 10.1 Å². The number of anilines is 1. The molecule has 1 unspecified atom stereocenters. The molecule has 128 valence electrons. The Bertz CT molecular complexity index is 680. The van der Waals surface area contributed by atoms with Crippen molar-refractivity contribution in [2.24, 2.45) is 0 Å². The van der Waals surface area contributed by atoms with Crippen LogP contribution in [0.15, 0.2) is 42.5 Å². The number of amides is 1. The van der Waals surface area contributed by atoms with Gasteiger partial charge in [-0.3, -0.25) is 4.79 Å². The lowest BCUT2D eigenvalue weighted by molar-refractivity contribution is -0.127. The van der Waals surface area contributed by atoms with Crippen LogP contribution in [0.1, 0.15) is 30.5 Å². The summed E-state index contributed by atoms with van der Waals surface area (Å²) in [5.74, 6) is 0.624. The smallest absolute Gasteiger partial charge is 0.253 e. The number of carbonyl (C=O) groups excluding carboxylic acids is 1. The second kappa shape index (κ2) is 8.50. The van der Waals surface area contributed by atoms with Crippen molar-refractivity contribution < 1.29 is 14.3 Å². The van der Waals surface area contributed by atoms with Crippen molar-refractivity contribution in [2.45, 2.75) is 40.4 Å². The van der Waals surface area contributed by atoms with Gasteiger partial charge in [-0.2, -0.15) is 0 Å². The van der Waals surface area contributed by atoms with Gasteiger partial charge in [-0.05, 0) is 63.1 Å². The van der Waals surface area contributed by atoms with Crippen LogP contribution in [0.4, 0.5) is 5.69 Å². The quantitative estimate of drug-likeness (QED) is 0.827. The van der Waals surface area contributed by atoms with E-state index in [4.69, 9.17) is 9.47 Å². The minimum absolute atomic E-state index is 0.163. The summed E-state index contributed by atoms with van der Waals surface area (Å²) in [5.41, 5.74) is 4.22. The average molecular weight is 327 g/mol. The van der Waals surface area contributed by atoms with Gasteiger partial charge in [0.1, 0.15) is 11.9 Å². The predicted octanol–water partition coefficient (Wildman–Crippen LogP) is 4.25. The standard InChI is InChI=1S/C20H25NO3/c1-5-23-19-10-8-18(9-11-19)21-20(22)16(4)24-13-17-7-6-14(2)12-15(17)3/h6-12,16H,5,13H2,1-4H3,(H,21,22). The van der Waals surface area contributed by atoms with Gasteiger partial charge in [-0.1, -0.05) is 23.8 Å². The van der Waals surface area contributed by atoms with Crippen molar-refractivity contribution in [1.82, 2.24) is 0 Å². The number of hydrogen-bond donors (Lipinski definition) is 1. The Morgan fingerprint density at radius 2 is 1.83 bits per heavy atom. The van der Waals surface area contributed by atoms with Crippen LogP contribution in [-0.4, -0.2) is 18.6 Å². The molecule has 0 aliphatic carbocycles. The first-order chi connectivity index (χ1) is 11.5. The Labute approximate surface area is 143 Å². The summed E-state index contributed by atoms with van der Waals surface area (Å²) in [6.07, 6.45) is -0.530. The number of aryl methyl sites for hydroxylation is 2. The lowest BCUT2D eigenvalue weighted by Gasteiger charge is -2.15. The first kappa shape index (κ1) is 18.0. The van der Waals surface area contributed by atoms with Gasteiger partial charge in [0.25, 0.3) is 5.91 Å². The van der Waals surface area contributed by atoms with Crippen LogP contribution in [0.25, 0.3) is 0 Å². The molecule has 0 aliphatic rings. The topological polar surface area (TPSA) is 47.6 Å². The first-order valence-electron chi connectivity index (χ1n) is 8.21. The van der Waals surface area contributed by atoms with E-state index in [0.29, 0.717) is 13.2 Å². The third-order valence-electron chi connectivity index (χ3n) is 3.79. The largest absolute Gasteiger partial charge is 0.494 e. The minimum atomic E-state index is -0.530. The van der Waals surface area contributed by atoms with Gasteiger partial charge >= 0.3 is 0 Å². The highest BCUT2D eigenvalue weighted by molar-refractivity contribution is 5.93. The van der Waals surface area contributed by atoms with Gasteiger partial charge < -0.3 is 14.8 Å². The highest BCUT2D eigenvalue weighted by atomic mass is 16.5. The molecule has 0 spiro atoms. The van der Waals surface area contributed by atoms with Gasteiger partial charge in [0.15, 0.2) is 0 Å². The van der Waals surface area contributed by atoms with Gasteiger partial charge in [-0.15, -0.1) is 0 Å². The zero-order valence-corrected chi connectivity index (χ0v) is 14.8. The summed E-state index contributed by atoms with van der Waals surface area (Å²) in [6.45, 7) is 8.85. The fraction of sp³-hybridized carbons (Fsp3) is 0.350. The van der Waals surface area contributed by atoms with Crippen molar-refractivity contribution in [2.75, 3.05) is 11.9 Å². The summed E-state index contributed by atoms with van der Waals surface area (Å²) in [7, 11) is 0. The molecule has 2 aromatic carbocycles. The lowest BCUT2D eigenvalue weighted by atomic mass is 10.1. The number of ether oxygens (including phenoxy) is 2. The molecule has 0 bridgehead atoms. The van der Waals surface area contributed by atoms with E-state index < -0.39 is 6.10 Å². The molecule has 2 aromatic rings. The molecule has 4 heteroatoms. The summed E-state index contributed by atoms with van der Waals surface area (Å²) >= 11 is 0. The summed E-state index contributed by atoms with van der Waals surface area (Å²) in [6, 6.07) is 13.5. The third-order valence-corrected chi connectivity index (χ3v) is 3.79. The molecule has 0 heterocycles. The van der Waals surface area contributed by atoms with Crippen LogP contribution in [0.5, 0.6) is 5.75 Å². The molecule has 0 aromatic heterocycles. The van der Waals surface area contributed by atoms with Gasteiger partial charge in [0.05, 0.1) is 13.2 Å². The zero-order chi connectivity index (χ0) is 17.5. The van der Waals surface area contributed by atoms with Crippen molar-refractivity contribution in [3.05, 3.63) is 59.2 Å². The highest BCUT2D eigenvalue weighted by Gasteiger charge is 2.14. The van der Waals surface area contributed by atoms with E-state index in [1.54, 1.807) is 6.92 Å². The van der Waals surface area contributed by atoms with E-state index in [-0.39, 0.29) is 5.91 Å². The molecule has 0 saturated heterocycles. The third kappa shape index (κ3) is 5.10. The molecule has 0 fully saturated rings. The summed E-state index contributed by atoms with van der Waals surface area (Å²) < 4.78 is 11.1. The maximum absolute atomic E-state index is 12.2. The fourth-order valence-electron chi connectivity index (χ4n) is 2.34. The molecule has 1 amide bonds. The van der Waals surface area contributed by atoms with Crippen LogP contribution in [-0.2, 0) is 16.1 Å². The number of rotatable bonds is 7. The Balaban J connectivity index is 1.87. The molecule has 1 atom stereocenters. The zero-order valence-electron chi connectivity index (χ0n) is 14.8. The maximum atomic E-state index is 12.2. The van der Waals surface area contributed by atoms with E-state index in [0.717, 1.165) is 17.0 Å². The van der Waals surface area contributed by atoms with Crippen molar-refractivity contribution in [3.63, 3.8) is 0 Å². The van der Waals surface area contributed by atoms with Gasteiger partial charge in [-0.25, -0.2) is 0 Å². The molecule has 24 heavy (non-hydrogen) atoms. The Morgan fingerprint density at radius 3 is 2.46 bits per heavy atom. The number of benzene rings is 2. The average Bonchev–Trinajstić information content (AvgIpc) is 2.56. The number of nitrogens with one attached hydrogen (secondary N) is 1.